The number of aryl methyl sites for hydroxylation is 1. The molecule has 0 N–H and O–H groups in total. The molecular formula is C18H26N2OS. The number of imidazole rings is 1. The van der Waals surface area contributed by atoms with Crippen molar-refractivity contribution in [2.24, 2.45) is 0 Å². The van der Waals surface area contributed by atoms with Gasteiger partial charge in [-0.25, -0.2) is 4.79 Å². The maximum Gasteiger partial charge on any atom is 0.333 e. The zero-order valence-electron chi connectivity index (χ0n) is 13.8. The van der Waals surface area contributed by atoms with Crippen molar-refractivity contribution in [3.05, 3.63) is 40.2 Å². The van der Waals surface area contributed by atoms with Crippen molar-refractivity contribution in [3.63, 3.8) is 0 Å². The maximum absolute atomic E-state index is 12.8. The van der Waals surface area contributed by atoms with Crippen LogP contribution in [0.4, 0.5) is 0 Å². The minimum absolute atomic E-state index is 0.0829. The Hall–Kier alpha value is -1.42. The van der Waals surface area contributed by atoms with Crippen LogP contribution in [0.3, 0.4) is 0 Å². The molecule has 2 rings (SSSR count). The first-order valence-corrected chi connectivity index (χ1v) is 9.39. The molecule has 0 amide bonds. The summed E-state index contributed by atoms with van der Waals surface area (Å²) in [7, 11) is 0. The highest BCUT2D eigenvalue weighted by Gasteiger charge is 2.13. The van der Waals surface area contributed by atoms with Crippen LogP contribution in [-0.4, -0.2) is 15.4 Å². The summed E-state index contributed by atoms with van der Waals surface area (Å²) < 4.78 is 3.76. The molecule has 0 fully saturated rings. The molecule has 120 valence electrons. The van der Waals surface area contributed by atoms with E-state index in [2.05, 4.69) is 6.92 Å². The molecule has 22 heavy (non-hydrogen) atoms. The minimum Gasteiger partial charge on any atom is -0.292 e. The molecule has 2 aromatic rings. The molecule has 1 heterocycles. The molecule has 0 spiro atoms. The second-order valence-electron chi connectivity index (χ2n) is 5.67. The van der Waals surface area contributed by atoms with Crippen LogP contribution in [0.15, 0.2) is 34.5 Å². The second kappa shape index (κ2) is 8.28. The molecule has 1 aromatic heterocycles. The van der Waals surface area contributed by atoms with Gasteiger partial charge in [0.25, 0.3) is 0 Å². The van der Waals surface area contributed by atoms with Crippen LogP contribution in [0.5, 0.6) is 0 Å². The standard InChI is InChI=1S/C18H26N2OS/c1-4-5-6-7-10-13-19-16-11-8-9-12-17(16)20(18(19)21)15(2)14-22-3/h8-9,11-12,14H,4-7,10,13H2,1-3H3/b15-14+. The SMILES string of the molecule is CCCCCCCn1c(=O)n(/C(C)=C/SC)c2ccccc21. The van der Waals surface area contributed by atoms with Crippen LogP contribution in [0.25, 0.3) is 16.7 Å². The van der Waals surface area contributed by atoms with Gasteiger partial charge >= 0.3 is 5.69 Å². The highest BCUT2D eigenvalue weighted by molar-refractivity contribution is 8.01. The fourth-order valence-electron chi connectivity index (χ4n) is 2.86. The van der Waals surface area contributed by atoms with Gasteiger partial charge in [-0.3, -0.25) is 9.13 Å². The number of unbranched alkanes of at least 4 members (excludes halogenated alkanes) is 4. The quantitative estimate of drug-likeness (QED) is 0.644. The fraction of sp³-hybridized carbons (Fsp3) is 0.500. The van der Waals surface area contributed by atoms with Crippen molar-refractivity contribution in [3.8, 4) is 0 Å². The number of allylic oxidation sites excluding steroid dienone is 1. The van der Waals surface area contributed by atoms with E-state index in [-0.39, 0.29) is 5.69 Å². The second-order valence-corrected chi connectivity index (χ2v) is 6.37. The Kier molecular flexibility index (Phi) is 6.37. The first-order valence-electron chi connectivity index (χ1n) is 8.11. The van der Waals surface area contributed by atoms with Gasteiger partial charge in [-0.05, 0) is 37.1 Å². The van der Waals surface area contributed by atoms with Gasteiger partial charge in [-0.1, -0.05) is 44.7 Å². The summed E-state index contributed by atoms with van der Waals surface area (Å²) in [5, 5.41) is 2.03. The Morgan fingerprint density at radius 2 is 1.82 bits per heavy atom. The van der Waals surface area contributed by atoms with Gasteiger partial charge in [0, 0.05) is 12.2 Å². The molecule has 0 bridgehead atoms. The first-order chi connectivity index (χ1) is 10.7. The zero-order chi connectivity index (χ0) is 15.9. The summed E-state index contributed by atoms with van der Waals surface area (Å²) in [5.41, 5.74) is 3.11. The van der Waals surface area contributed by atoms with Crippen molar-refractivity contribution in [1.82, 2.24) is 9.13 Å². The predicted octanol–water partition coefficient (Wildman–Crippen LogP) is 4.95. The summed E-state index contributed by atoms with van der Waals surface area (Å²) >= 11 is 1.63. The number of thioether (sulfide) groups is 1. The van der Waals surface area contributed by atoms with Crippen LogP contribution in [0.1, 0.15) is 46.0 Å². The van der Waals surface area contributed by atoms with Crippen LogP contribution < -0.4 is 5.69 Å². The lowest BCUT2D eigenvalue weighted by atomic mass is 10.1. The Balaban J connectivity index is 2.32. The normalized spacial score (nSPS) is 12.2. The average molecular weight is 318 g/mol. The molecule has 3 nitrogen and oxygen atoms in total. The van der Waals surface area contributed by atoms with Crippen LogP contribution >= 0.6 is 11.8 Å². The highest BCUT2D eigenvalue weighted by atomic mass is 32.2. The molecule has 0 atom stereocenters. The van der Waals surface area contributed by atoms with Crippen molar-refractivity contribution in [1.29, 1.82) is 0 Å². The van der Waals surface area contributed by atoms with Crippen LogP contribution in [-0.2, 0) is 6.54 Å². The van der Waals surface area contributed by atoms with E-state index in [9.17, 15) is 4.79 Å². The molecule has 0 aliphatic carbocycles. The molecule has 4 heteroatoms. The van der Waals surface area contributed by atoms with Gasteiger partial charge in [-0.15, -0.1) is 11.8 Å². The van der Waals surface area contributed by atoms with Crippen molar-refractivity contribution < 1.29 is 0 Å². The largest absolute Gasteiger partial charge is 0.333 e. The Morgan fingerprint density at radius 3 is 2.50 bits per heavy atom. The van der Waals surface area contributed by atoms with Gasteiger partial charge in [0.05, 0.1) is 11.0 Å². The van der Waals surface area contributed by atoms with Crippen molar-refractivity contribution in [2.75, 3.05) is 6.26 Å². The molecule has 0 saturated heterocycles. The van der Waals surface area contributed by atoms with E-state index in [1.165, 1.54) is 25.7 Å². The lowest BCUT2D eigenvalue weighted by Crippen LogP contribution is -2.23. The third-order valence-electron chi connectivity index (χ3n) is 3.96. The lowest BCUT2D eigenvalue weighted by Gasteiger charge is -2.03. The average Bonchev–Trinajstić information content (AvgIpc) is 2.79. The summed E-state index contributed by atoms with van der Waals surface area (Å²) in [4.78, 5) is 12.8. The Bertz CT molecular complexity index is 697. The summed E-state index contributed by atoms with van der Waals surface area (Å²) in [6.45, 7) is 5.03. The number of benzene rings is 1. The van der Waals surface area contributed by atoms with E-state index in [1.807, 2.05) is 52.0 Å². The molecule has 0 unspecified atom stereocenters. The molecule has 0 aliphatic rings. The third-order valence-corrected chi connectivity index (χ3v) is 4.54. The van der Waals surface area contributed by atoms with E-state index >= 15 is 0 Å². The number of hydrogen-bond acceptors (Lipinski definition) is 2. The monoisotopic (exact) mass is 318 g/mol. The summed E-state index contributed by atoms with van der Waals surface area (Å²) in [6.07, 6.45) is 8.07. The molecule has 0 aliphatic heterocycles. The van der Waals surface area contributed by atoms with E-state index < -0.39 is 0 Å². The van der Waals surface area contributed by atoms with E-state index in [0.29, 0.717) is 0 Å². The first kappa shape index (κ1) is 16.9. The van der Waals surface area contributed by atoms with E-state index in [0.717, 1.165) is 29.7 Å². The van der Waals surface area contributed by atoms with Gasteiger partial charge in [0.1, 0.15) is 0 Å². The van der Waals surface area contributed by atoms with Gasteiger partial charge in [0.15, 0.2) is 0 Å². The summed E-state index contributed by atoms with van der Waals surface area (Å²) in [5.74, 6) is 0. The van der Waals surface area contributed by atoms with Crippen molar-refractivity contribution in [2.45, 2.75) is 52.5 Å². The maximum atomic E-state index is 12.8. The number of nitrogens with zero attached hydrogens (tertiary/aromatic N) is 2. The van der Waals surface area contributed by atoms with E-state index in [1.54, 1.807) is 11.8 Å². The number of aromatic nitrogens is 2. The third kappa shape index (κ3) is 3.67. The molecule has 1 aromatic carbocycles. The predicted molar refractivity (Wildman–Crippen MR) is 98.4 cm³/mol. The number of rotatable bonds is 8. The van der Waals surface area contributed by atoms with E-state index in [4.69, 9.17) is 0 Å². The lowest BCUT2D eigenvalue weighted by molar-refractivity contribution is 0.565. The number of fused-ring (bicyclic) bond motifs is 1. The van der Waals surface area contributed by atoms with Gasteiger partial charge < -0.3 is 0 Å². The van der Waals surface area contributed by atoms with Crippen LogP contribution in [0, 0.1) is 0 Å². The summed E-state index contributed by atoms with van der Waals surface area (Å²) in [6, 6.07) is 8.08. The molecule has 0 saturated carbocycles. The van der Waals surface area contributed by atoms with Gasteiger partial charge in [-0.2, -0.15) is 0 Å². The number of para-hydroxylation sites is 2. The highest BCUT2D eigenvalue weighted by Crippen LogP contribution is 2.18. The Morgan fingerprint density at radius 1 is 1.14 bits per heavy atom. The fourth-order valence-corrected chi connectivity index (χ4v) is 3.31. The minimum atomic E-state index is 0.0829. The number of hydrogen-bond donors (Lipinski definition) is 0. The van der Waals surface area contributed by atoms with Crippen LogP contribution in [0.2, 0.25) is 0 Å². The van der Waals surface area contributed by atoms with Gasteiger partial charge in [0.2, 0.25) is 0 Å². The molecule has 0 radical (unpaired) electrons. The van der Waals surface area contributed by atoms with Crippen molar-refractivity contribution >= 4 is 28.5 Å². The molecular weight excluding hydrogens is 292 g/mol. The topological polar surface area (TPSA) is 26.9 Å². The smallest absolute Gasteiger partial charge is 0.292 e. The zero-order valence-corrected chi connectivity index (χ0v) is 14.7. The Labute approximate surface area is 137 Å².